The van der Waals surface area contributed by atoms with E-state index in [0.29, 0.717) is 19.6 Å². The van der Waals surface area contributed by atoms with Crippen LogP contribution < -0.4 is 16.0 Å². The lowest BCUT2D eigenvalue weighted by molar-refractivity contribution is 0.0442. The molecule has 37 heavy (non-hydrogen) atoms. The van der Waals surface area contributed by atoms with Crippen molar-refractivity contribution >= 4 is 24.2 Å². The summed E-state index contributed by atoms with van der Waals surface area (Å²) in [5.74, 6) is 0. The van der Waals surface area contributed by atoms with Gasteiger partial charge in [-0.2, -0.15) is 0 Å². The molecule has 0 aromatic rings. The van der Waals surface area contributed by atoms with Gasteiger partial charge in [-0.3, -0.25) is 0 Å². The third kappa shape index (κ3) is 12.3. The third-order valence-electron chi connectivity index (χ3n) is 6.08. The Morgan fingerprint density at radius 3 is 1.78 bits per heavy atom. The SMILES string of the molecule is CC(C)(C)OC(=O)N[C@H](CN1CCCNC1=O)C(C)(C)C.CC(C)(C)[C@@H](CN1CCCNC1=O)N=C=O. The topological polar surface area (TPSA) is 132 Å². The van der Waals surface area contributed by atoms with Crippen LogP contribution in [0.1, 0.15) is 75.2 Å². The molecule has 0 radical (unpaired) electrons. The molecule has 0 bridgehead atoms. The highest BCUT2D eigenvalue weighted by molar-refractivity contribution is 5.75. The zero-order valence-corrected chi connectivity index (χ0v) is 24.2. The third-order valence-corrected chi connectivity index (χ3v) is 6.08. The van der Waals surface area contributed by atoms with Gasteiger partial charge in [0.25, 0.3) is 0 Å². The maximum Gasteiger partial charge on any atom is 0.407 e. The summed E-state index contributed by atoms with van der Waals surface area (Å²) in [6.07, 6.45) is 3.01. The highest BCUT2D eigenvalue weighted by atomic mass is 16.6. The summed E-state index contributed by atoms with van der Waals surface area (Å²) in [5, 5.41) is 8.50. The van der Waals surface area contributed by atoms with Crippen LogP contribution in [-0.2, 0) is 9.53 Å². The molecule has 11 heteroatoms. The van der Waals surface area contributed by atoms with Crippen LogP contribution in [0.5, 0.6) is 0 Å². The molecule has 2 rings (SSSR count). The summed E-state index contributed by atoms with van der Waals surface area (Å²) in [4.78, 5) is 53.0. The number of hydrogen-bond acceptors (Lipinski definition) is 6. The molecule has 2 saturated heterocycles. The van der Waals surface area contributed by atoms with Crippen LogP contribution in [0.2, 0.25) is 0 Å². The highest BCUT2D eigenvalue weighted by Crippen LogP contribution is 2.24. The Kier molecular flexibility index (Phi) is 11.9. The molecule has 0 aromatic heterocycles. The molecule has 3 N–H and O–H groups in total. The number of amides is 5. The van der Waals surface area contributed by atoms with Crippen molar-refractivity contribution in [1.82, 2.24) is 25.8 Å². The van der Waals surface area contributed by atoms with Crippen molar-refractivity contribution < 1.29 is 23.9 Å². The molecule has 2 heterocycles. The number of alkyl carbamates (subject to hydrolysis) is 1. The largest absolute Gasteiger partial charge is 0.444 e. The molecule has 2 fully saturated rings. The van der Waals surface area contributed by atoms with Crippen LogP contribution in [0.4, 0.5) is 14.4 Å². The van der Waals surface area contributed by atoms with Crippen LogP contribution in [0.25, 0.3) is 0 Å². The Bertz CT molecular complexity index is 821. The molecule has 0 aliphatic carbocycles. The Hall–Kier alpha value is -2.81. The van der Waals surface area contributed by atoms with E-state index in [0.717, 1.165) is 32.5 Å². The van der Waals surface area contributed by atoms with E-state index in [1.54, 1.807) is 15.9 Å². The van der Waals surface area contributed by atoms with Gasteiger partial charge in [-0.05, 0) is 44.4 Å². The van der Waals surface area contributed by atoms with Crippen molar-refractivity contribution in [2.45, 2.75) is 92.8 Å². The fourth-order valence-corrected chi connectivity index (χ4v) is 3.69. The van der Waals surface area contributed by atoms with Crippen molar-refractivity contribution in [3.8, 4) is 0 Å². The van der Waals surface area contributed by atoms with Crippen molar-refractivity contribution in [2.24, 2.45) is 15.8 Å². The van der Waals surface area contributed by atoms with Gasteiger partial charge in [-0.25, -0.2) is 24.2 Å². The predicted molar refractivity (Wildman–Crippen MR) is 143 cm³/mol. The first kappa shape index (κ1) is 32.2. The molecule has 0 aromatic carbocycles. The van der Waals surface area contributed by atoms with E-state index >= 15 is 0 Å². The maximum atomic E-state index is 12.0. The van der Waals surface area contributed by atoms with Crippen molar-refractivity contribution in [2.75, 3.05) is 39.3 Å². The zero-order valence-electron chi connectivity index (χ0n) is 24.2. The summed E-state index contributed by atoms with van der Waals surface area (Å²) in [6.45, 7) is 21.5. The molecule has 212 valence electrons. The number of aliphatic imine (C=N–C) groups is 1. The Labute approximate surface area is 222 Å². The monoisotopic (exact) mass is 524 g/mol. The van der Waals surface area contributed by atoms with Gasteiger partial charge in [0, 0.05) is 39.3 Å². The normalized spacial score (nSPS) is 18.3. The van der Waals surface area contributed by atoms with E-state index in [1.165, 1.54) is 0 Å². The lowest BCUT2D eigenvalue weighted by Crippen LogP contribution is -2.56. The van der Waals surface area contributed by atoms with E-state index in [2.05, 4.69) is 20.9 Å². The van der Waals surface area contributed by atoms with E-state index in [-0.39, 0.29) is 35.0 Å². The Balaban J connectivity index is 0.000000384. The van der Waals surface area contributed by atoms with E-state index < -0.39 is 11.7 Å². The maximum absolute atomic E-state index is 12.0. The quantitative estimate of drug-likeness (QED) is 0.361. The summed E-state index contributed by atoms with van der Waals surface area (Å²) >= 11 is 0. The van der Waals surface area contributed by atoms with Crippen LogP contribution in [0, 0.1) is 10.8 Å². The summed E-state index contributed by atoms with van der Waals surface area (Å²) in [6, 6.07) is -0.506. The number of hydrogen-bond donors (Lipinski definition) is 3. The number of nitrogens with one attached hydrogen (secondary N) is 3. The number of carbonyl (C=O) groups is 3. The second-order valence-electron chi connectivity index (χ2n) is 12.7. The predicted octanol–water partition coefficient (Wildman–Crippen LogP) is 3.49. The summed E-state index contributed by atoms with van der Waals surface area (Å²) in [5.41, 5.74) is -0.848. The molecule has 5 amide bonds. The number of carbonyl (C=O) groups excluding carboxylic acids is 4. The first-order chi connectivity index (χ1) is 16.9. The average molecular weight is 525 g/mol. The van der Waals surface area contributed by atoms with Crippen molar-refractivity contribution in [3.05, 3.63) is 0 Å². The van der Waals surface area contributed by atoms with Crippen LogP contribution in [0.15, 0.2) is 4.99 Å². The zero-order chi connectivity index (χ0) is 28.4. The van der Waals surface area contributed by atoms with E-state index in [9.17, 15) is 19.2 Å². The molecular formula is C26H48N6O5. The average Bonchev–Trinajstić information content (AvgIpc) is 2.74. The molecule has 0 spiro atoms. The number of urea groups is 2. The van der Waals surface area contributed by atoms with Crippen molar-refractivity contribution in [1.29, 1.82) is 0 Å². The molecule has 0 unspecified atom stereocenters. The fourth-order valence-electron chi connectivity index (χ4n) is 3.69. The number of nitrogens with zero attached hydrogens (tertiary/aromatic N) is 3. The number of isocyanates is 1. The molecule has 2 aliphatic heterocycles. The van der Waals surface area contributed by atoms with Crippen LogP contribution in [0.3, 0.4) is 0 Å². The minimum absolute atomic E-state index is 0.0680. The lowest BCUT2D eigenvalue weighted by atomic mass is 9.86. The standard InChI is InChI=1S/C15H29N3O3.C11H19N3O2/c1-14(2,3)11(17-13(20)21-15(4,5)6)10-18-9-7-8-16-12(18)19;1-11(2,3)9(13-8-15)7-14-6-4-5-12-10(14)16/h11H,7-10H2,1-6H3,(H,16,19)(H,17,20);9H,4-7H2,1-3H3,(H,12,16)/t11-;9-/m11/s1. The Morgan fingerprint density at radius 1 is 0.919 bits per heavy atom. The van der Waals surface area contributed by atoms with E-state index in [4.69, 9.17) is 4.74 Å². The molecule has 2 aliphatic rings. The summed E-state index contributed by atoms with van der Waals surface area (Å²) in [7, 11) is 0. The van der Waals surface area contributed by atoms with Crippen LogP contribution in [-0.4, -0.2) is 91.0 Å². The van der Waals surface area contributed by atoms with Gasteiger partial charge in [-0.1, -0.05) is 41.5 Å². The van der Waals surface area contributed by atoms with Gasteiger partial charge in [0.1, 0.15) is 5.60 Å². The second kappa shape index (κ2) is 13.7. The van der Waals surface area contributed by atoms with Gasteiger partial charge >= 0.3 is 18.2 Å². The summed E-state index contributed by atoms with van der Waals surface area (Å²) < 4.78 is 5.31. The van der Waals surface area contributed by atoms with Gasteiger partial charge in [-0.15, -0.1) is 0 Å². The number of rotatable bonds is 6. The van der Waals surface area contributed by atoms with Gasteiger partial charge in [0.15, 0.2) is 0 Å². The van der Waals surface area contributed by atoms with E-state index in [1.807, 2.05) is 62.3 Å². The Morgan fingerprint density at radius 2 is 1.41 bits per heavy atom. The van der Waals surface area contributed by atoms with Gasteiger partial charge < -0.3 is 30.5 Å². The number of ether oxygens (including phenoxy) is 1. The minimum atomic E-state index is -0.533. The van der Waals surface area contributed by atoms with Gasteiger partial charge in [0.05, 0.1) is 12.1 Å². The van der Waals surface area contributed by atoms with Gasteiger partial charge in [0.2, 0.25) is 6.08 Å². The molecule has 2 atom stereocenters. The highest BCUT2D eigenvalue weighted by Gasteiger charge is 2.32. The molecule has 0 saturated carbocycles. The first-order valence-electron chi connectivity index (χ1n) is 13.1. The minimum Gasteiger partial charge on any atom is -0.444 e. The van der Waals surface area contributed by atoms with Crippen LogP contribution >= 0.6 is 0 Å². The second-order valence-corrected chi connectivity index (χ2v) is 12.7. The fraction of sp³-hybridized carbons (Fsp3) is 0.846. The lowest BCUT2D eigenvalue weighted by Gasteiger charge is -2.37. The molecular weight excluding hydrogens is 476 g/mol. The molecule has 11 nitrogen and oxygen atoms in total. The van der Waals surface area contributed by atoms with Crippen molar-refractivity contribution in [3.63, 3.8) is 0 Å². The first-order valence-corrected chi connectivity index (χ1v) is 13.1. The smallest absolute Gasteiger partial charge is 0.407 e.